The Kier molecular flexibility index (Phi) is 8.31. The second-order valence-corrected chi connectivity index (χ2v) is 3.41. The van der Waals surface area contributed by atoms with Crippen LogP contribution in [-0.2, 0) is 7.05 Å². The van der Waals surface area contributed by atoms with E-state index in [0.29, 0.717) is 4.34 Å². The molecule has 1 rings (SSSR count). The van der Waals surface area contributed by atoms with Crippen molar-refractivity contribution in [3.8, 4) is 0 Å². The Balaban J connectivity index is -0.0000000779. The first-order valence-electron chi connectivity index (χ1n) is 2.59. The van der Waals surface area contributed by atoms with Crippen LogP contribution in [0.15, 0.2) is 10.9 Å². The van der Waals surface area contributed by atoms with E-state index in [1.807, 2.05) is 0 Å². The molecule has 0 spiro atoms. The summed E-state index contributed by atoms with van der Waals surface area (Å²) in [4.78, 5) is 18.9. The van der Waals surface area contributed by atoms with Crippen molar-refractivity contribution in [2.75, 3.05) is 0 Å². The van der Waals surface area contributed by atoms with Crippen LogP contribution in [0.25, 0.3) is 0 Å². The zero-order valence-electron chi connectivity index (χ0n) is 8.64. The largest absolute Gasteiger partial charge is 2.00 e. The van der Waals surface area contributed by atoms with Crippen LogP contribution >= 0.6 is 23.1 Å². The molecule has 1 heterocycles. The van der Waals surface area contributed by atoms with Gasteiger partial charge in [0.1, 0.15) is 4.34 Å². The Hall–Kier alpha value is -0.314. The normalized spacial score (nSPS) is 7.85. The van der Waals surface area contributed by atoms with Crippen molar-refractivity contribution in [1.29, 1.82) is 0 Å². The third kappa shape index (κ3) is 8.03. The van der Waals surface area contributed by atoms with Crippen molar-refractivity contribution in [2.45, 2.75) is 0 Å². The van der Waals surface area contributed by atoms with E-state index in [-0.39, 0.29) is 31.5 Å². The summed E-state index contributed by atoms with van der Waals surface area (Å²) in [6, 6.07) is 1.40. The third-order valence-electron chi connectivity index (χ3n) is 0.771. The zero-order valence-corrected chi connectivity index (χ0v) is 9.62. The Morgan fingerprint density at radius 2 is 2.23 bits per heavy atom. The second kappa shape index (κ2) is 7.12. The molecule has 0 unspecified atom stereocenters. The van der Waals surface area contributed by atoms with E-state index in [1.54, 1.807) is 7.05 Å². The molecule has 0 aliphatic carbocycles. The summed E-state index contributed by atoms with van der Waals surface area (Å²) in [5, 5.41) is 13.6. The summed E-state index contributed by atoms with van der Waals surface area (Å²) in [5.41, 5.74) is -0.0417. The van der Waals surface area contributed by atoms with Crippen molar-refractivity contribution >= 4 is 46.2 Å². The minimum Gasteiger partial charge on any atom is -1.00 e. The monoisotopic (exact) mass is 238 g/mol. The molecule has 0 aliphatic heterocycles. The molecule has 1 aromatic heterocycles. The molecule has 0 bridgehead atoms. The van der Waals surface area contributed by atoms with Gasteiger partial charge in [-0.15, -0.1) is 10.1 Å². The fourth-order valence-corrected chi connectivity index (χ4v) is 1.35. The minimum absolute atomic E-state index is 0. The zero-order chi connectivity index (χ0) is 9.72. The average molecular weight is 239 g/mol. The Morgan fingerprint density at radius 3 is 2.31 bits per heavy atom. The van der Waals surface area contributed by atoms with Gasteiger partial charge in [0.2, 0.25) is 0 Å². The molecular weight excluding hydrogens is 232 g/mol. The molecule has 0 saturated heterocycles. The van der Waals surface area contributed by atoms with Crippen LogP contribution in [-0.4, -0.2) is 37.3 Å². The van der Waals surface area contributed by atoms with Crippen molar-refractivity contribution in [1.82, 2.24) is 3.96 Å². The van der Waals surface area contributed by atoms with Crippen molar-refractivity contribution in [3.05, 3.63) is 30.9 Å². The Bertz CT molecular complexity index is 329. The molecule has 0 amide bonds. The quantitative estimate of drug-likeness (QED) is 0.408. The van der Waals surface area contributed by atoms with E-state index in [4.69, 9.17) is 26.9 Å². The number of halogens is 1. The molecule has 1 aromatic rings. The van der Waals surface area contributed by atoms with Crippen molar-refractivity contribution < 1.29 is 13.1 Å². The van der Waals surface area contributed by atoms with Crippen molar-refractivity contribution in [2.24, 2.45) is 7.05 Å². The summed E-state index contributed by atoms with van der Waals surface area (Å²) in [6.45, 7) is 0. The number of hydrogen-bond donors (Lipinski definition) is 1. The summed E-state index contributed by atoms with van der Waals surface area (Å²) in [5.74, 6) is 0. The SMILES string of the molecule is Cn1sc(Cl)cc1=O.O=[N+]([O-])O.[H-].[H-].[Mg+2]. The molecule has 0 aliphatic rings. The summed E-state index contributed by atoms with van der Waals surface area (Å²) in [7, 11) is 1.68. The van der Waals surface area contributed by atoms with E-state index in [1.165, 1.54) is 21.6 Å². The van der Waals surface area contributed by atoms with Crippen LogP contribution in [0.4, 0.5) is 0 Å². The van der Waals surface area contributed by atoms with Crippen LogP contribution in [0.2, 0.25) is 4.34 Å². The van der Waals surface area contributed by atoms with Gasteiger partial charge < -0.3 is 8.06 Å². The van der Waals surface area contributed by atoms with Gasteiger partial charge in [0.25, 0.3) is 10.6 Å². The van der Waals surface area contributed by atoms with Crippen LogP contribution in [0, 0.1) is 10.1 Å². The standard InChI is InChI=1S/C4H4ClNOS.Mg.HNO3.2H/c1-6-4(7)2-3(5)8-6;;2-1(3)4;;/h2H,1H3;;(H,2,3,4);;/q;+2;;2*-1. The van der Waals surface area contributed by atoms with E-state index < -0.39 is 5.09 Å². The number of hydrogen-bond acceptors (Lipinski definition) is 4. The third-order valence-corrected chi connectivity index (χ3v) is 1.83. The first-order valence-corrected chi connectivity index (χ1v) is 3.74. The predicted molar refractivity (Wildman–Crippen MR) is 51.3 cm³/mol. The maximum Gasteiger partial charge on any atom is 2.00 e. The van der Waals surface area contributed by atoms with Crippen LogP contribution in [0.3, 0.4) is 0 Å². The number of aryl methyl sites for hydroxylation is 1. The molecule has 0 fully saturated rings. The van der Waals surface area contributed by atoms with Gasteiger partial charge in [-0.1, -0.05) is 11.6 Å². The van der Waals surface area contributed by atoms with E-state index >= 15 is 0 Å². The first-order chi connectivity index (χ1) is 5.43. The van der Waals surface area contributed by atoms with E-state index in [0.717, 1.165) is 0 Å². The fraction of sp³-hybridized carbons (Fsp3) is 0.250. The molecular formula is C4H7ClMgN2O4S. The van der Waals surface area contributed by atoms with E-state index in [2.05, 4.69) is 0 Å². The van der Waals surface area contributed by atoms with Gasteiger partial charge in [0, 0.05) is 13.1 Å². The molecule has 72 valence electrons. The van der Waals surface area contributed by atoms with Crippen LogP contribution in [0.1, 0.15) is 2.85 Å². The molecule has 0 radical (unpaired) electrons. The summed E-state index contributed by atoms with van der Waals surface area (Å²) in [6.07, 6.45) is 0. The maximum absolute atomic E-state index is 10.5. The van der Waals surface area contributed by atoms with Gasteiger partial charge in [-0.3, -0.25) is 8.75 Å². The van der Waals surface area contributed by atoms with Gasteiger partial charge >= 0.3 is 23.1 Å². The second-order valence-electron chi connectivity index (χ2n) is 1.61. The Labute approximate surface area is 101 Å². The van der Waals surface area contributed by atoms with Gasteiger partial charge in [-0.25, -0.2) is 0 Å². The van der Waals surface area contributed by atoms with Crippen molar-refractivity contribution in [3.63, 3.8) is 0 Å². The van der Waals surface area contributed by atoms with Gasteiger partial charge in [0.05, 0.1) is 0 Å². The predicted octanol–water partition coefficient (Wildman–Crippen LogP) is 0.597. The van der Waals surface area contributed by atoms with Crippen LogP contribution < -0.4 is 5.56 Å². The minimum atomic E-state index is -1.50. The first kappa shape index (κ1) is 15.2. The molecule has 0 atom stereocenters. The summed E-state index contributed by atoms with van der Waals surface area (Å²) < 4.78 is 2.01. The average Bonchev–Trinajstić information content (AvgIpc) is 2.08. The number of nitrogens with zero attached hydrogens (tertiary/aromatic N) is 2. The molecule has 0 saturated carbocycles. The molecule has 13 heavy (non-hydrogen) atoms. The smallest absolute Gasteiger partial charge is 1.00 e. The number of rotatable bonds is 0. The van der Waals surface area contributed by atoms with Gasteiger partial charge in [-0.05, 0) is 11.5 Å². The topological polar surface area (TPSA) is 85.4 Å². The molecule has 9 heteroatoms. The molecule has 0 aromatic carbocycles. The van der Waals surface area contributed by atoms with Gasteiger partial charge in [-0.2, -0.15) is 0 Å². The Morgan fingerprint density at radius 1 is 1.85 bits per heavy atom. The van der Waals surface area contributed by atoms with Crippen LogP contribution in [0.5, 0.6) is 0 Å². The molecule has 1 N–H and O–H groups in total. The van der Waals surface area contributed by atoms with E-state index in [9.17, 15) is 4.79 Å². The summed E-state index contributed by atoms with van der Waals surface area (Å²) >= 11 is 6.70. The van der Waals surface area contributed by atoms with Gasteiger partial charge in [0.15, 0.2) is 0 Å². The maximum atomic E-state index is 10.5. The number of aromatic nitrogens is 1. The molecule has 6 nitrogen and oxygen atoms in total. The fourth-order valence-electron chi connectivity index (χ4n) is 0.390.